The monoisotopic (exact) mass is 305 g/mol. The van der Waals surface area contributed by atoms with Gasteiger partial charge in [0.2, 0.25) is 0 Å². The minimum atomic E-state index is 0.962. The van der Waals surface area contributed by atoms with Gasteiger partial charge >= 0.3 is 0 Å². The van der Waals surface area contributed by atoms with Crippen LogP contribution in [0.1, 0.15) is 6.42 Å². The van der Waals surface area contributed by atoms with Gasteiger partial charge in [0, 0.05) is 16.3 Å². The highest BCUT2D eigenvalue weighted by molar-refractivity contribution is 14.1. The van der Waals surface area contributed by atoms with Gasteiger partial charge in [0.1, 0.15) is 5.82 Å². The third-order valence-corrected chi connectivity index (χ3v) is 2.45. The third kappa shape index (κ3) is 4.76. The highest BCUT2D eigenvalue weighted by atomic mass is 127. The molecule has 1 aromatic heterocycles. The molecule has 14 heavy (non-hydrogen) atoms. The smallest absolute Gasteiger partial charge is 0.125 e. The lowest BCUT2D eigenvalue weighted by molar-refractivity contribution is 0.405. The number of nitrogens with zero attached hydrogens (tertiary/aromatic N) is 2. The van der Waals surface area contributed by atoms with Crippen molar-refractivity contribution < 1.29 is 0 Å². The minimum Gasteiger partial charge on any atom is -0.370 e. The molecule has 1 N–H and O–H groups in total. The average molecular weight is 305 g/mol. The first-order chi connectivity index (χ1) is 6.68. The first-order valence-corrected chi connectivity index (χ1v) is 5.76. The quantitative estimate of drug-likeness (QED) is 0.666. The number of halogens is 1. The summed E-state index contributed by atoms with van der Waals surface area (Å²) >= 11 is 2.25. The van der Waals surface area contributed by atoms with Crippen LogP contribution in [0.5, 0.6) is 0 Å². The summed E-state index contributed by atoms with van der Waals surface area (Å²) in [5.74, 6) is 0.962. The molecule has 1 heterocycles. The van der Waals surface area contributed by atoms with E-state index in [9.17, 15) is 0 Å². The van der Waals surface area contributed by atoms with Gasteiger partial charge in [0.25, 0.3) is 0 Å². The molecule has 0 saturated heterocycles. The van der Waals surface area contributed by atoms with Crippen molar-refractivity contribution in [2.75, 3.05) is 32.5 Å². The molecule has 0 saturated carbocycles. The topological polar surface area (TPSA) is 28.2 Å². The Hall–Kier alpha value is -0.360. The summed E-state index contributed by atoms with van der Waals surface area (Å²) in [5, 5.41) is 3.29. The van der Waals surface area contributed by atoms with Crippen LogP contribution in [-0.2, 0) is 0 Å². The Labute approximate surface area is 99.0 Å². The van der Waals surface area contributed by atoms with Crippen molar-refractivity contribution >= 4 is 28.4 Å². The van der Waals surface area contributed by atoms with E-state index in [4.69, 9.17) is 0 Å². The van der Waals surface area contributed by atoms with Gasteiger partial charge in [-0.15, -0.1) is 0 Å². The van der Waals surface area contributed by atoms with E-state index < -0.39 is 0 Å². The molecule has 1 rings (SSSR count). The van der Waals surface area contributed by atoms with Crippen LogP contribution >= 0.6 is 22.6 Å². The highest BCUT2D eigenvalue weighted by Gasteiger charge is 1.93. The van der Waals surface area contributed by atoms with E-state index in [1.54, 1.807) is 0 Å². The van der Waals surface area contributed by atoms with E-state index in [-0.39, 0.29) is 0 Å². The molecule has 0 fully saturated rings. The Morgan fingerprint density at radius 3 is 2.79 bits per heavy atom. The van der Waals surface area contributed by atoms with Crippen LogP contribution in [0, 0.1) is 3.57 Å². The van der Waals surface area contributed by atoms with Crippen LogP contribution in [0.25, 0.3) is 0 Å². The number of pyridine rings is 1. The van der Waals surface area contributed by atoms with Gasteiger partial charge in [-0.2, -0.15) is 0 Å². The van der Waals surface area contributed by atoms with E-state index in [2.05, 4.69) is 58.0 Å². The van der Waals surface area contributed by atoms with Crippen molar-refractivity contribution in [1.82, 2.24) is 9.88 Å². The molecular weight excluding hydrogens is 289 g/mol. The van der Waals surface area contributed by atoms with Crippen LogP contribution in [0.3, 0.4) is 0 Å². The molecule has 0 atom stereocenters. The Balaban J connectivity index is 2.21. The second-order valence-electron chi connectivity index (χ2n) is 3.45. The van der Waals surface area contributed by atoms with Gasteiger partial charge in [-0.25, -0.2) is 4.98 Å². The summed E-state index contributed by atoms with van der Waals surface area (Å²) < 4.78 is 1.17. The van der Waals surface area contributed by atoms with Crippen LogP contribution < -0.4 is 5.32 Å². The summed E-state index contributed by atoms with van der Waals surface area (Å²) in [7, 11) is 4.17. The molecule has 0 unspecified atom stereocenters. The second kappa shape index (κ2) is 6.19. The molecule has 0 aliphatic rings. The molecule has 0 radical (unpaired) electrons. The van der Waals surface area contributed by atoms with Crippen LogP contribution in [0.2, 0.25) is 0 Å². The van der Waals surface area contributed by atoms with Gasteiger partial charge < -0.3 is 10.2 Å². The number of aromatic nitrogens is 1. The number of rotatable bonds is 5. The maximum atomic E-state index is 4.26. The van der Waals surface area contributed by atoms with E-state index in [0.717, 1.165) is 25.3 Å². The van der Waals surface area contributed by atoms with Gasteiger partial charge in [0.15, 0.2) is 0 Å². The first kappa shape index (κ1) is 11.7. The van der Waals surface area contributed by atoms with Crippen molar-refractivity contribution in [3.8, 4) is 0 Å². The van der Waals surface area contributed by atoms with Gasteiger partial charge in [-0.05, 0) is 61.8 Å². The Kier molecular flexibility index (Phi) is 5.17. The summed E-state index contributed by atoms with van der Waals surface area (Å²) in [6.45, 7) is 2.09. The fourth-order valence-corrected chi connectivity index (χ4v) is 1.41. The molecule has 0 aliphatic heterocycles. The van der Waals surface area contributed by atoms with Gasteiger partial charge in [-0.3, -0.25) is 0 Å². The zero-order valence-corrected chi connectivity index (χ0v) is 10.8. The molecule has 4 heteroatoms. The predicted octanol–water partition coefficient (Wildman–Crippen LogP) is 2.05. The van der Waals surface area contributed by atoms with Gasteiger partial charge in [0.05, 0.1) is 0 Å². The van der Waals surface area contributed by atoms with E-state index in [0.29, 0.717) is 0 Å². The Morgan fingerprint density at radius 1 is 1.43 bits per heavy atom. The van der Waals surface area contributed by atoms with Gasteiger partial charge in [-0.1, -0.05) is 0 Å². The molecule has 1 aromatic rings. The average Bonchev–Trinajstić information content (AvgIpc) is 2.15. The van der Waals surface area contributed by atoms with E-state index in [1.807, 2.05) is 12.3 Å². The van der Waals surface area contributed by atoms with Crippen molar-refractivity contribution in [2.24, 2.45) is 0 Å². The number of nitrogens with one attached hydrogen (secondary N) is 1. The number of anilines is 1. The molecule has 78 valence electrons. The molecule has 0 amide bonds. The van der Waals surface area contributed by atoms with Crippen LogP contribution in [0.15, 0.2) is 18.3 Å². The fraction of sp³-hybridized carbons (Fsp3) is 0.500. The summed E-state index contributed by atoms with van der Waals surface area (Å²) in [4.78, 5) is 6.45. The number of hydrogen-bond donors (Lipinski definition) is 1. The summed E-state index contributed by atoms with van der Waals surface area (Å²) in [6, 6.07) is 4.07. The standard InChI is InChI=1S/C10H16IN3/c1-14(2)7-3-6-12-10-5-4-9(11)8-13-10/h4-5,8H,3,6-7H2,1-2H3,(H,12,13). The molecule has 0 aromatic carbocycles. The molecule has 0 bridgehead atoms. The van der Waals surface area contributed by atoms with E-state index >= 15 is 0 Å². The largest absolute Gasteiger partial charge is 0.370 e. The molecule has 0 aliphatic carbocycles. The SMILES string of the molecule is CN(C)CCCNc1ccc(I)cn1. The Bertz CT molecular complexity index is 259. The maximum absolute atomic E-state index is 4.26. The van der Waals surface area contributed by atoms with Crippen LogP contribution in [-0.4, -0.2) is 37.1 Å². The maximum Gasteiger partial charge on any atom is 0.125 e. The lowest BCUT2D eigenvalue weighted by atomic mass is 10.4. The van der Waals surface area contributed by atoms with Crippen molar-refractivity contribution in [3.63, 3.8) is 0 Å². The predicted molar refractivity (Wildman–Crippen MR) is 68.6 cm³/mol. The van der Waals surface area contributed by atoms with E-state index in [1.165, 1.54) is 3.57 Å². The zero-order valence-electron chi connectivity index (χ0n) is 8.63. The summed E-state index contributed by atoms with van der Waals surface area (Å²) in [6.07, 6.45) is 3.01. The van der Waals surface area contributed by atoms with Crippen LogP contribution in [0.4, 0.5) is 5.82 Å². The number of hydrogen-bond acceptors (Lipinski definition) is 3. The third-order valence-electron chi connectivity index (χ3n) is 1.82. The van der Waals surface area contributed by atoms with Crippen molar-refractivity contribution in [2.45, 2.75) is 6.42 Å². The lowest BCUT2D eigenvalue weighted by Gasteiger charge is -2.09. The first-order valence-electron chi connectivity index (χ1n) is 4.68. The normalized spacial score (nSPS) is 10.6. The molecular formula is C10H16IN3. The fourth-order valence-electron chi connectivity index (χ4n) is 1.09. The van der Waals surface area contributed by atoms with Crippen molar-refractivity contribution in [3.05, 3.63) is 21.9 Å². The molecule has 3 nitrogen and oxygen atoms in total. The Morgan fingerprint density at radius 2 is 2.21 bits per heavy atom. The zero-order chi connectivity index (χ0) is 10.4. The highest BCUT2D eigenvalue weighted by Crippen LogP contribution is 2.06. The minimum absolute atomic E-state index is 0.962. The summed E-state index contributed by atoms with van der Waals surface area (Å²) in [5.41, 5.74) is 0. The van der Waals surface area contributed by atoms with Crippen molar-refractivity contribution in [1.29, 1.82) is 0 Å². The second-order valence-corrected chi connectivity index (χ2v) is 4.69. The molecule has 0 spiro atoms. The lowest BCUT2D eigenvalue weighted by Crippen LogP contribution is -2.16.